The number of hydrogen-bond acceptors (Lipinski definition) is 5. The summed E-state index contributed by atoms with van der Waals surface area (Å²) < 4.78 is 5.16. The van der Waals surface area contributed by atoms with Crippen LogP contribution in [0.4, 0.5) is 4.79 Å². The Morgan fingerprint density at radius 1 is 1.38 bits per heavy atom. The van der Waals surface area contributed by atoms with Gasteiger partial charge in [0.05, 0.1) is 0 Å². The number of likely N-dealkylation sites (tertiary alicyclic amines) is 1. The molecule has 24 heavy (non-hydrogen) atoms. The van der Waals surface area contributed by atoms with Gasteiger partial charge in [-0.15, -0.1) is 0 Å². The topological polar surface area (TPSA) is 83.3 Å². The monoisotopic (exact) mass is 337 g/mol. The fraction of sp³-hybridized carbons (Fsp3) is 0.824. The van der Waals surface area contributed by atoms with Crippen molar-refractivity contribution in [3.63, 3.8) is 0 Å². The van der Waals surface area contributed by atoms with Crippen LogP contribution >= 0.6 is 0 Å². The maximum Gasteiger partial charge on any atom is 0.314 e. The summed E-state index contributed by atoms with van der Waals surface area (Å²) in [6.45, 7) is 11.9. The largest absolute Gasteiger partial charge is 0.339 e. The molecule has 0 radical (unpaired) electrons. The molecule has 1 aromatic heterocycles. The Morgan fingerprint density at radius 3 is 2.83 bits per heavy atom. The highest BCUT2D eigenvalue weighted by atomic mass is 16.5. The molecule has 1 fully saturated rings. The highest BCUT2D eigenvalue weighted by molar-refractivity contribution is 5.73. The first-order chi connectivity index (χ1) is 11.5. The number of hydrogen-bond donors (Lipinski definition) is 2. The predicted octanol–water partition coefficient (Wildman–Crippen LogP) is 2.16. The number of piperidine rings is 1. The molecule has 0 bridgehead atoms. The average molecular weight is 337 g/mol. The molecular formula is C17H31N5O2. The van der Waals surface area contributed by atoms with Gasteiger partial charge in [0.1, 0.15) is 0 Å². The van der Waals surface area contributed by atoms with Gasteiger partial charge < -0.3 is 15.2 Å². The Bertz CT molecular complexity index is 517. The lowest BCUT2D eigenvalue weighted by Crippen LogP contribution is -2.48. The van der Waals surface area contributed by atoms with Crippen LogP contribution in [0, 0.1) is 5.92 Å². The van der Waals surface area contributed by atoms with Gasteiger partial charge in [-0.05, 0) is 32.2 Å². The number of rotatable bonds is 7. The Balaban J connectivity index is 1.62. The number of carbonyl (C=O) groups excluding carboxylic acids is 1. The molecule has 2 N–H and O–H groups in total. The van der Waals surface area contributed by atoms with Gasteiger partial charge in [-0.25, -0.2) is 4.79 Å². The molecule has 7 nitrogen and oxygen atoms in total. The summed E-state index contributed by atoms with van der Waals surface area (Å²) in [6.07, 6.45) is 3.11. The van der Waals surface area contributed by atoms with E-state index in [2.05, 4.69) is 39.5 Å². The highest BCUT2D eigenvalue weighted by Gasteiger charge is 2.21. The lowest BCUT2D eigenvalue weighted by atomic mass is 9.99. The zero-order chi connectivity index (χ0) is 17.5. The molecule has 7 heteroatoms. The summed E-state index contributed by atoms with van der Waals surface area (Å²) >= 11 is 0. The molecule has 136 valence electrons. The lowest BCUT2D eigenvalue weighted by Gasteiger charge is -2.35. The van der Waals surface area contributed by atoms with Crippen molar-refractivity contribution in [1.29, 1.82) is 0 Å². The van der Waals surface area contributed by atoms with Gasteiger partial charge in [0.15, 0.2) is 5.82 Å². The maximum absolute atomic E-state index is 11.9. The Kier molecular flexibility index (Phi) is 7.02. The Morgan fingerprint density at radius 2 is 2.17 bits per heavy atom. The van der Waals surface area contributed by atoms with Gasteiger partial charge >= 0.3 is 6.03 Å². The number of nitrogens with zero attached hydrogens (tertiary/aromatic N) is 3. The summed E-state index contributed by atoms with van der Waals surface area (Å²) in [5, 5.41) is 9.70. The average Bonchev–Trinajstić information content (AvgIpc) is 3.02. The van der Waals surface area contributed by atoms with Crippen LogP contribution in [0.3, 0.4) is 0 Å². The summed E-state index contributed by atoms with van der Waals surface area (Å²) in [4.78, 5) is 18.6. The van der Waals surface area contributed by atoms with E-state index in [4.69, 9.17) is 4.52 Å². The van der Waals surface area contributed by atoms with Crippen molar-refractivity contribution in [2.45, 2.75) is 58.9 Å². The second kappa shape index (κ2) is 9.01. The molecule has 0 aromatic carbocycles. The standard InChI is InChI=1S/C17H31N5O2/c1-12(2)16-20-15(24-21-16)7-8-18-17(23)19-10-14(4)22-9-5-6-13(3)11-22/h12-14H,5-11H2,1-4H3,(H2,18,19,23)/t13-,14+/m1/s1. The highest BCUT2D eigenvalue weighted by Crippen LogP contribution is 2.17. The maximum atomic E-state index is 11.9. The SMILES string of the molecule is CC(C)c1noc(CCNC(=O)NC[C@H](C)N2CCC[C@@H](C)C2)n1. The molecule has 1 aliphatic heterocycles. The van der Waals surface area contributed by atoms with Gasteiger partial charge in [-0.1, -0.05) is 25.9 Å². The second-order valence-corrected chi connectivity index (χ2v) is 7.18. The van der Waals surface area contributed by atoms with E-state index in [-0.39, 0.29) is 11.9 Å². The first-order valence-corrected chi connectivity index (χ1v) is 9.04. The quantitative estimate of drug-likeness (QED) is 0.796. The molecule has 2 heterocycles. The van der Waals surface area contributed by atoms with Crippen molar-refractivity contribution in [2.75, 3.05) is 26.2 Å². The van der Waals surface area contributed by atoms with Crippen molar-refractivity contribution in [1.82, 2.24) is 25.7 Å². The fourth-order valence-electron chi connectivity index (χ4n) is 2.95. The number of aromatic nitrogens is 2. The third-order valence-corrected chi connectivity index (χ3v) is 4.49. The summed E-state index contributed by atoms with van der Waals surface area (Å²) in [5.74, 6) is 2.27. The van der Waals surface area contributed by atoms with Gasteiger partial charge in [-0.2, -0.15) is 4.98 Å². The first-order valence-electron chi connectivity index (χ1n) is 9.04. The van der Waals surface area contributed by atoms with Crippen molar-refractivity contribution in [3.05, 3.63) is 11.7 Å². The number of urea groups is 1. The molecule has 1 aliphatic rings. The number of nitrogens with one attached hydrogen (secondary N) is 2. The van der Waals surface area contributed by atoms with Gasteiger partial charge in [0, 0.05) is 38.0 Å². The van der Waals surface area contributed by atoms with Crippen molar-refractivity contribution in [2.24, 2.45) is 5.92 Å². The van der Waals surface area contributed by atoms with Crippen molar-refractivity contribution >= 4 is 6.03 Å². The van der Waals surface area contributed by atoms with E-state index in [0.29, 0.717) is 37.3 Å². The molecule has 1 aromatic rings. The minimum atomic E-state index is -0.143. The smallest absolute Gasteiger partial charge is 0.314 e. The molecule has 0 unspecified atom stereocenters. The second-order valence-electron chi connectivity index (χ2n) is 7.18. The molecule has 0 aliphatic carbocycles. The first kappa shape index (κ1) is 18.7. The van der Waals surface area contributed by atoms with Crippen LogP contribution in [-0.4, -0.2) is 53.3 Å². The fourth-order valence-corrected chi connectivity index (χ4v) is 2.95. The minimum Gasteiger partial charge on any atom is -0.339 e. The summed E-state index contributed by atoms with van der Waals surface area (Å²) in [5.41, 5.74) is 0. The minimum absolute atomic E-state index is 0.143. The molecule has 1 saturated heterocycles. The van der Waals surface area contributed by atoms with Gasteiger partial charge in [0.25, 0.3) is 0 Å². The van der Waals surface area contributed by atoms with E-state index >= 15 is 0 Å². The normalized spacial score (nSPS) is 20.1. The van der Waals surface area contributed by atoms with Crippen LogP contribution in [0.2, 0.25) is 0 Å². The molecule has 0 saturated carbocycles. The summed E-state index contributed by atoms with van der Waals surface area (Å²) in [6, 6.07) is 0.221. The zero-order valence-corrected chi connectivity index (χ0v) is 15.3. The van der Waals surface area contributed by atoms with Gasteiger partial charge in [-0.3, -0.25) is 4.90 Å². The van der Waals surface area contributed by atoms with E-state index in [1.807, 2.05) is 13.8 Å². The Labute approximate surface area is 144 Å². The van der Waals surface area contributed by atoms with Gasteiger partial charge in [0.2, 0.25) is 5.89 Å². The van der Waals surface area contributed by atoms with Crippen LogP contribution in [0.5, 0.6) is 0 Å². The van der Waals surface area contributed by atoms with Crippen molar-refractivity contribution < 1.29 is 9.32 Å². The third-order valence-electron chi connectivity index (χ3n) is 4.49. The molecule has 2 atom stereocenters. The van der Waals surface area contributed by atoms with Crippen molar-refractivity contribution in [3.8, 4) is 0 Å². The van der Waals surface area contributed by atoms with Crippen LogP contribution in [-0.2, 0) is 6.42 Å². The Hall–Kier alpha value is -1.63. The van der Waals surface area contributed by atoms with Crippen LogP contribution < -0.4 is 10.6 Å². The van der Waals surface area contributed by atoms with Crippen LogP contribution in [0.25, 0.3) is 0 Å². The third kappa shape index (κ3) is 5.78. The van der Waals surface area contributed by atoms with Crippen LogP contribution in [0.1, 0.15) is 58.2 Å². The lowest BCUT2D eigenvalue weighted by molar-refractivity contribution is 0.137. The molecule has 2 amide bonds. The zero-order valence-electron chi connectivity index (χ0n) is 15.3. The predicted molar refractivity (Wildman–Crippen MR) is 92.9 cm³/mol. The number of carbonyl (C=O) groups is 1. The van der Waals surface area contributed by atoms with Crippen LogP contribution in [0.15, 0.2) is 4.52 Å². The van der Waals surface area contributed by atoms with E-state index in [1.54, 1.807) is 0 Å². The molecule has 2 rings (SSSR count). The van der Waals surface area contributed by atoms with E-state index in [9.17, 15) is 4.79 Å². The van der Waals surface area contributed by atoms with E-state index in [1.165, 1.54) is 12.8 Å². The molecular weight excluding hydrogens is 306 g/mol. The van der Waals surface area contributed by atoms with E-state index < -0.39 is 0 Å². The molecule has 0 spiro atoms. The number of amides is 2. The summed E-state index contributed by atoms with van der Waals surface area (Å²) in [7, 11) is 0. The van der Waals surface area contributed by atoms with E-state index in [0.717, 1.165) is 19.0 Å².